The van der Waals surface area contributed by atoms with E-state index in [2.05, 4.69) is 12.6 Å². The predicted molar refractivity (Wildman–Crippen MR) is 69.5 cm³/mol. The Labute approximate surface area is 111 Å². The molecular formula is C12H16O5S. The SMILES string of the molecule is COCOc1cc(OC)cc(CS)c1C(=O)OC. The van der Waals surface area contributed by atoms with Crippen LogP contribution < -0.4 is 9.47 Å². The zero-order chi connectivity index (χ0) is 13.5. The minimum atomic E-state index is -0.479. The largest absolute Gasteiger partial charge is 0.497 e. The van der Waals surface area contributed by atoms with Crippen LogP contribution in [0.1, 0.15) is 15.9 Å². The highest BCUT2D eigenvalue weighted by Crippen LogP contribution is 2.30. The summed E-state index contributed by atoms with van der Waals surface area (Å²) in [6, 6.07) is 3.33. The molecule has 0 fully saturated rings. The summed E-state index contributed by atoms with van der Waals surface area (Å²) in [7, 11) is 4.35. The summed E-state index contributed by atoms with van der Waals surface area (Å²) in [4.78, 5) is 11.8. The summed E-state index contributed by atoms with van der Waals surface area (Å²) < 4.78 is 20.1. The van der Waals surface area contributed by atoms with Crippen molar-refractivity contribution in [1.29, 1.82) is 0 Å². The van der Waals surface area contributed by atoms with Gasteiger partial charge in [0, 0.05) is 18.9 Å². The van der Waals surface area contributed by atoms with Crippen LogP contribution in [0.2, 0.25) is 0 Å². The molecule has 0 N–H and O–H groups in total. The second kappa shape index (κ2) is 7.13. The molecule has 0 aliphatic carbocycles. The minimum absolute atomic E-state index is 0.0309. The molecule has 0 heterocycles. The van der Waals surface area contributed by atoms with Gasteiger partial charge in [0.1, 0.15) is 17.1 Å². The fourth-order valence-corrected chi connectivity index (χ4v) is 1.71. The van der Waals surface area contributed by atoms with E-state index in [0.717, 1.165) is 0 Å². The average Bonchev–Trinajstić information content (AvgIpc) is 2.42. The lowest BCUT2D eigenvalue weighted by Gasteiger charge is -2.14. The van der Waals surface area contributed by atoms with Gasteiger partial charge in [0.15, 0.2) is 6.79 Å². The number of carbonyl (C=O) groups excluding carboxylic acids is 1. The van der Waals surface area contributed by atoms with Crippen LogP contribution in [-0.4, -0.2) is 34.1 Å². The molecule has 18 heavy (non-hydrogen) atoms. The van der Waals surface area contributed by atoms with Crippen molar-refractivity contribution in [3.8, 4) is 11.5 Å². The second-order valence-electron chi connectivity index (χ2n) is 3.36. The molecule has 1 rings (SSSR count). The highest BCUT2D eigenvalue weighted by Gasteiger charge is 2.19. The van der Waals surface area contributed by atoms with E-state index in [1.165, 1.54) is 21.3 Å². The maximum absolute atomic E-state index is 11.8. The van der Waals surface area contributed by atoms with Gasteiger partial charge in [0.2, 0.25) is 0 Å². The highest BCUT2D eigenvalue weighted by atomic mass is 32.1. The Morgan fingerprint density at radius 3 is 2.50 bits per heavy atom. The highest BCUT2D eigenvalue weighted by molar-refractivity contribution is 7.79. The Hall–Kier alpha value is -1.40. The van der Waals surface area contributed by atoms with E-state index in [-0.39, 0.29) is 6.79 Å². The van der Waals surface area contributed by atoms with Gasteiger partial charge in [0.25, 0.3) is 0 Å². The van der Waals surface area contributed by atoms with Gasteiger partial charge >= 0.3 is 5.97 Å². The summed E-state index contributed by atoms with van der Waals surface area (Å²) in [6.45, 7) is 0.0309. The van der Waals surface area contributed by atoms with E-state index in [1.54, 1.807) is 12.1 Å². The summed E-state index contributed by atoms with van der Waals surface area (Å²) in [5.41, 5.74) is 1.01. The Morgan fingerprint density at radius 2 is 2.00 bits per heavy atom. The van der Waals surface area contributed by atoms with Crippen molar-refractivity contribution < 1.29 is 23.7 Å². The van der Waals surface area contributed by atoms with Gasteiger partial charge < -0.3 is 18.9 Å². The number of thiol groups is 1. The quantitative estimate of drug-likeness (QED) is 0.487. The molecule has 0 unspecified atom stereocenters. The summed E-state index contributed by atoms with van der Waals surface area (Å²) >= 11 is 4.19. The van der Waals surface area contributed by atoms with Crippen molar-refractivity contribution >= 4 is 18.6 Å². The molecular weight excluding hydrogens is 256 g/mol. The molecule has 0 radical (unpaired) electrons. The van der Waals surface area contributed by atoms with E-state index in [9.17, 15) is 4.79 Å². The van der Waals surface area contributed by atoms with Crippen LogP contribution in [0.5, 0.6) is 11.5 Å². The third-order valence-electron chi connectivity index (χ3n) is 2.29. The van der Waals surface area contributed by atoms with Crippen molar-refractivity contribution in [3.63, 3.8) is 0 Å². The van der Waals surface area contributed by atoms with E-state index in [1.807, 2.05) is 0 Å². The first kappa shape index (κ1) is 14.7. The van der Waals surface area contributed by atoms with E-state index < -0.39 is 5.97 Å². The minimum Gasteiger partial charge on any atom is -0.497 e. The molecule has 0 bridgehead atoms. The first-order valence-electron chi connectivity index (χ1n) is 5.19. The molecule has 0 spiro atoms. The first-order chi connectivity index (χ1) is 8.67. The van der Waals surface area contributed by atoms with Crippen molar-refractivity contribution in [2.24, 2.45) is 0 Å². The Balaban J connectivity index is 3.27. The Kier molecular flexibility index (Phi) is 5.80. The summed E-state index contributed by atoms with van der Waals surface area (Å²) in [5, 5.41) is 0. The maximum atomic E-state index is 11.8. The summed E-state index contributed by atoms with van der Waals surface area (Å²) in [6.07, 6.45) is 0. The summed E-state index contributed by atoms with van der Waals surface area (Å²) in [5.74, 6) is 0.822. The number of hydrogen-bond acceptors (Lipinski definition) is 6. The second-order valence-corrected chi connectivity index (χ2v) is 3.68. The van der Waals surface area contributed by atoms with E-state index >= 15 is 0 Å². The van der Waals surface area contributed by atoms with Crippen molar-refractivity contribution in [3.05, 3.63) is 23.3 Å². The molecule has 0 amide bonds. The van der Waals surface area contributed by atoms with Crippen LogP contribution in [0.15, 0.2) is 12.1 Å². The van der Waals surface area contributed by atoms with Crippen LogP contribution in [0.3, 0.4) is 0 Å². The Bertz CT molecular complexity index is 419. The van der Waals surface area contributed by atoms with Crippen LogP contribution in [0.4, 0.5) is 0 Å². The first-order valence-corrected chi connectivity index (χ1v) is 5.83. The van der Waals surface area contributed by atoms with Gasteiger partial charge in [-0.2, -0.15) is 12.6 Å². The third kappa shape index (κ3) is 3.30. The number of esters is 1. The number of carbonyl (C=O) groups is 1. The lowest BCUT2D eigenvalue weighted by Crippen LogP contribution is -2.10. The molecule has 0 saturated carbocycles. The lowest BCUT2D eigenvalue weighted by atomic mass is 10.1. The van der Waals surface area contributed by atoms with E-state index in [0.29, 0.717) is 28.4 Å². The molecule has 100 valence electrons. The molecule has 0 aromatic heterocycles. The lowest BCUT2D eigenvalue weighted by molar-refractivity contribution is 0.0463. The Morgan fingerprint density at radius 1 is 1.28 bits per heavy atom. The van der Waals surface area contributed by atoms with Crippen molar-refractivity contribution in [2.75, 3.05) is 28.1 Å². The smallest absolute Gasteiger partial charge is 0.341 e. The molecule has 0 aliphatic heterocycles. The standard InChI is InChI=1S/C12H16O5S/c1-14-7-17-10-5-9(15-2)4-8(6-18)11(10)12(13)16-3/h4-5,18H,6-7H2,1-3H3. The van der Waals surface area contributed by atoms with Crippen LogP contribution in [0.25, 0.3) is 0 Å². The number of benzene rings is 1. The number of ether oxygens (including phenoxy) is 4. The van der Waals surface area contributed by atoms with Crippen molar-refractivity contribution in [1.82, 2.24) is 0 Å². The third-order valence-corrected chi connectivity index (χ3v) is 2.63. The molecule has 5 nitrogen and oxygen atoms in total. The van der Waals surface area contributed by atoms with Gasteiger partial charge in [-0.25, -0.2) is 4.79 Å². The predicted octanol–water partition coefficient (Wildman–Crippen LogP) is 1.89. The van der Waals surface area contributed by atoms with Gasteiger partial charge in [-0.3, -0.25) is 0 Å². The van der Waals surface area contributed by atoms with Crippen molar-refractivity contribution in [2.45, 2.75) is 5.75 Å². The number of methoxy groups -OCH3 is 3. The fraction of sp³-hybridized carbons (Fsp3) is 0.417. The van der Waals surface area contributed by atoms with Gasteiger partial charge in [-0.05, 0) is 11.6 Å². The molecule has 0 atom stereocenters. The number of hydrogen-bond donors (Lipinski definition) is 1. The van der Waals surface area contributed by atoms with Crippen LogP contribution in [-0.2, 0) is 15.2 Å². The topological polar surface area (TPSA) is 54.0 Å². The fourth-order valence-electron chi connectivity index (χ4n) is 1.46. The van der Waals surface area contributed by atoms with Gasteiger partial charge in [-0.1, -0.05) is 0 Å². The zero-order valence-electron chi connectivity index (χ0n) is 10.6. The molecule has 0 aliphatic rings. The van der Waals surface area contributed by atoms with Gasteiger partial charge in [-0.15, -0.1) is 0 Å². The molecule has 1 aromatic rings. The normalized spacial score (nSPS) is 10.0. The molecule has 1 aromatic carbocycles. The maximum Gasteiger partial charge on any atom is 0.341 e. The van der Waals surface area contributed by atoms with E-state index in [4.69, 9.17) is 18.9 Å². The zero-order valence-corrected chi connectivity index (χ0v) is 11.5. The number of rotatable bonds is 6. The average molecular weight is 272 g/mol. The van der Waals surface area contributed by atoms with Gasteiger partial charge in [0.05, 0.1) is 14.2 Å². The van der Waals surface area contributed by atoms with Crippen LogP contribution in [0, 0.1) is 0 Å². The molecule has 0 saturated heterocycles. The van der Waals surface area contributed by atoms with Crippen LogP contribution >= 0.6 is 12.6 Å². The monoisotopic (exact) mass is 272 g/mol. The molecule has 6 heteroatoms.